The van der Waals surface area contributed by atoms with Gasteiger partial charge in [0.1, 0.15) is 0 Å². The summed E-state index contributed by atoms with van der Waals surface area (Å²) < 4.78 is 2.36. The van der Waals surface area contributed by atoms with Crippen LogP contribution in [0.25, 0.3) is 72.0 Å². The fraction of sp³-hybridized carbons (Fsp3) is 0. The predicted octanol–water partition coefficient (Wildman–Crippen LogP) is 17.7. The minimum absolute atomic E-state index is 0.742. The summed E-state index contributed by atoms with van der Waals surface area (Å²) in [5.41, 5.74) is 29.1. The van der Waals surface area contributed by atoms with Gasteiger partial charge in [-0.3, -0.25) is 0 Å². The van der Waals surface area contributed by atoms with Crippen LogP contribution in [0.15, 0.2) is 291 Å². The first-order chi connectivity index (χ1) is 35.6. The van der Waals surface area contributed by atoms with Gasteiger partial charge in [-0.1, -0.05) is 243 Å². The van der Waals surface area contributed by atoms with Gasteiger partial charge in [-0.05, 0) is 138 Å². The van der Waals surface area contributed by atoms with Crippen LogP contribution in [0.3, 0.4) is 0 Å². The molecule has 0 saturated heterocycles. The number of anilines is 1. The van der Waals surface area contributed by atoms with Crippen LogP contribution < -0.4 is 5.73 Å². The maximum atomic E-state index is 6.23. The number of nitrogens with zero attached hydrogens (tertiary/aromatic N) is 1. The minimum atomic E-state index is 0.742. The van der Waals surface area contributed by atoms with E-state index in [2.05, 4.69) is 284 Å². The van der Waals surface area contributed by atoms with Gasteiger partial charge in [0, 0.05) is 22.1 Å². The molecule has 0 radical (unpaired) electrons. The lowest BCUT2D eigenvalue weighted by molar-refractivity contribution is 1.18. The minimum Gasteiger partial charge on any atom is -0.399 e. The smallest absolute Gasteiger partial charge is 0.0541 e. The highest BCUT2D eigenvalue weighted by Crippen LogP contribution is 2.42. The fourth-order valence-corrected chi connectivity index (χ4v) is 10.4. The molecule has 0 fully saturated rings. The van der Waals surface area contributed by atoms with E-state index >= 15 is 0 Å². The van der Waals surface area contributed by atoms with Crippen LogP contribution in [0.2, 0.25) is 0 Å². The van der Waals surface area contributed by atoms with Gasteiger partial charge in [-0.25, -0.2) is 0 Å². The summed E-state index contributed by atoms with van der Waals surface area (Å²) in [6.45, 7) is 0. The van der Waals surface area contributed by atoms with E-state index in [0.29, 0.717) is 0 Å². The Morgan fingerprint density at radius 3 is 0.764 bits per heavy atom. The van der Waals surface area contributed by atoms with Crippen molar-refractivity contribution in [1.29, 1.82) is 0 Å². The molecule has 0 aliphatic heterocycles. The molecule has 2 nitrogen and oxygen atoms in total. The summed E-state index contributed by atoms with van der Waals surface area (Å²) in [4.78, 5) is 0. The summed E-state index contributed by atoms with van der Waals surface area (Å²) >= 11 is 0. The van der Waals surface area contributed by atoms with Crippen molar-refractivity contribution in [2.24, 2.45) is 0 Å². The lowest BCUT2D eigenvalue weighted by Gasteiger charge is -2.18. The van der Waals surface area contributed by atoms with Gasteiger partial charge < -0.3 is 10.3 Å². The molecule has 1 heterocycles. The first kappa shape index (κ1) is 43.8. The van der Waals surface area contributed by atoms with Gasteiger partial charge in [0.25, 0.3) is 0 Å². The molecule has 0 aliphatic rings. The summed E-state index contributed by atoms with van der Waals surface area (Å²) in [5.74, 6) is 0. The average molecular weight is 919 g/mol. The topological polar surface area (TPSA) is 30.9 Å². The number of fused-ring (bicyclic) bond motifs is 3. The van der Waals surface area contributed by atoms with Crippen molar-refractivity contribution in [3.8, 4) is 27.9 Å². The van der Waals surface area contributed by atoms with Crippen LogP contribution in [0.1, 0.15) is 44.5 Å². The average Bonchev–Trinajstić information content (AvgIpc) is 3.78. The largest absolute Gasteiger partial charge is 0.399 e. The van der Waals surface area contributed by atoms with Crippen molar-refractivity contribution in [3.05, 3.63) is 336 Å². The quantitative estimate of drug-likeness (QED) is 0.102. The first-order valence-corrected chi connectivity index (χ1v) is 24.6. The molecular formula is C70H50N2. The predicted molar refractivity (Wildman–Crippen MR) is 305 cm³/mol. The number of rotatable bonds is 11. The first-order valence-electron chi connectivity index (χ1n) is 24.6. The van der Waals surface area contributed by atoms with Gasteiger partial charge in [0.2, 0.25) is 0 Å². The summed E-state index contributed by atoms with van der Waals surface area (Å²) in [6.07, 6.45) is 0. The van der Waals surface area contributed by atoms with E-state index in [1.165, 1.54) is 66.4 Å². The van der Waals surface area contributed by atoms with Crippen molar-refractivity contribution >= 4 is 49.8 Å². The lowest BCUT2D eigenvalue weighted by atomic mass is 9.85. The van der Waals surface area contributed by atoms with E-state index in [0.717, 1.165) is 55.8 Å². The third-order valence-corrected chi connectivity index (χ3v) is 13.8. The molecule has 72 heavy (non-hydrogen) atoms. The lowest BCUT2D eigenvalue weighted by Crippen LogP contribution is -1.97. The van der Waals surface area contributed by atoms with Crippen molar-refractivity contribution in [2.45, 2.75) is 0 Å². The second-order valence-electron chi connectivity index (χ2n) is 18.2. The molecule has 12 aromatic rings. The molecule has 0 saturated carbocycles. The van der Waals surface area contributed by atoms with Crippen LogP contribution in [0.4, 0.5) is 5.69 Å². The van der Waals surface area contributed by atoms with E-state index in [1.54, 1.807) is 0 Å². The van der Waals surface area contributed by atoms with Crippen molar-refractivity contribution < 1.29 is 0 Å². The Kier molecular flexibility index (Phi) is 11.8. The highest BCUT2D eigenvalue weighted by molar-refractivity contribution is 6.12. The molecule has 0 atom stereocenters. The van der Waals surface area contributed by atoms with Gasteiger partial charge >= 0.3 is 0 Å². The van der Waals surface area contributed by atoms with E-state index in [9.17, 15) is 0 Å². The Morgan fingerprint density at radius 2 is 0.486 bits per heavy atom. The third-order valence-electron chi connectivity index (χ3n) is 13.8. The van der Waals surface area contributed by atoms with Crippen LogP contribution in [-0.4, -0.2) is 4.57 Å². The Bertz CT molecular complexity index is 3550. The van der Waals surface area contributed by atoms with Gasteiger partial charge in [0.05, 0.1) is 11.0 Å². The van der Waals surface area contributed by atoms with E-state index in [4.69, 9.17) is 5.73 Å². The molecule has 0 amide bonds. The van der Waals surface area contributed by atoms with Crippen LogP contribution in [-0.2, 0) is 0 Å². The van der Waals surface area contributed by atoms with Crippen LogP contribution in [0, 0.1) is 0 Å². The van der Waals surface area contributed by atoms with Crippen molar-refractivity contribution in [3.63, 3.8) is 0 Å². The number of hydrogen-bond donors (Lipinski definition) is 1. The van der Waals surface area contributed by atoms with Crippen LogP contribution >= 0.6 is 0 Å². The molecule has 11 aromatic carbocycles. The second kappa shape index (κ2) is 19.5. The van der Waals surface area contributed by atoms with Crippen molar-refractivity contribution in [2.75, 3.05) is 5.73 Å². The second-order valence-corrected chi connectivity index (χ2v) is 18.2. The Morgan fingerprint density at radius 1 is 0.236 bits per heavy atom. The molecule has 2 heteroatoms. The molecule has 340 valence electrons. The number of benzene rings is 11. The van der Waals surface area contributed by atoms with E-state index in [1.807, 2.05) is 12.1 Å². The molecule has 0 bridgehead atoms. The highest BCUT2D eigenvalue weighted by Gasteiger charge is 2.20. The number of hydrogen-bond acceptors (Lipinski definition) is 1. The summed E-state index contributed by atoms with van der Waals surface area (Å²) in [6, 6.07) is 105. The SMILES string of the molecule is Nc1ccc(-n2c3ccc(-c4ccc(C(=C(c5ccccc5)c5ccccc5)c5ccccc5)cc4)cc3c3cc(-c4ccc(C(=C(c5ccccc5)c5ccccc5)c5ccccc5)cc4)ccc32)cc1. The normalized spacial score (nSPS) is 11.1. The van der Waals surface area contributed by atoms with Gasteiger partial charge in [-0.2, -0.15) is 0 Å². The van der Waals surface area contributed by atoms with E-state index < -0.39 is 0 Å². The maximum absolute atomic E-state index is 6.23. The number of nitrogens with two attached hydrogens (primary N) is 1. The molecule has 0 aliphatic carbocycles. The standard InChI is InChI=1S/C70H50N2/c71-61-41-43-62(44-42-61)72-65-45-39-59(49-31-35-57(36-32-49)69(55-27-15-5-16-28-55)67(51-19-7-1-8-20-51)52-21-9-2-10-22-52)47-63(65)64-48-60(40-46-66(64)72)50-33-37-58(38-34-50)70(56-29-17-6-18-30-56)68(53-23-11-3-12-24-53)54-25-13-4-14-26-54/h1-48H,71H2. The van der Waals surface area contributed by atoms with Gasteiger partial charge in [0.15, 0.2) is 0 Å². The Hall–Kier alpha value is -9.50. The monoisotopic (exact) mass is 918 g/mol. The van der Waals surface area contributed by atoms with Crippen LogP contribution in [0.5, 0.6) is 0 Å². The van der Waals surface area contributed by atoms with E-state index in [-0.39, 0.29) is 0 Å². The van der Waals surface area contributed by atoms with Crippen molar-refractivity contribution in [1.82, 2.24) is 4.57 Å². The Balaban J connectivity index is 0.979. The zero-order valence-corrected chi connectivity index (χ0v) is 39.7. The molecule has 1 aromatic heterocycles. The number of aromatic nitrogens is 1. The molecule has 0 unspecified atom stereocenters. The highest BCUT2D eigenvalue weighted by atomic mass is 15.0. The Labute approximate surface area is 421 Å². The number of nitrogen functional groups attached to an aromatic ring is 1. The zero-order valence-electron chi connectivity index (χ0n) is 39.7. The maximum Gasteiger partial charge on any atom is 0.0541 e. The molecule has 0 spiro atoms. The third kappa shape index (κ3) is 8.53. The zero-order chi connectivity index (χ0) is 48.2. The van der Waals surface area contributed by atoms with Gasteiger partial charge in [-0.15, -0.1) is 0 Å². The molecular weight excluding hydrogens is 869 g/mol. The summed E-state index contributed by atoms with van der Waals surface area (Å²) in [5, 5.41) is 2.37. The molecule has 2 N–H and O–H groups in total. The molecule has 12 rings (SSSR count). The fourth-order valence-electron chi connectivity index (χ4n) is 10.4. The summed E-state index contributed by atoms with van der Waals surface area (Å²) in [7, 11) is 0.